The molecule has 3 aromatic heterocycles. The molecule has 0 saturated heterocycles. The monoisotopic (exact) mass is 391 g/mol. The molecule has 4 aromatic rings. The Balaban J connectivity index is 1.70. The van der Waals surface area contributed by atoms with Gasteiger partial charge in [-0.3, -0.25) is 9.25 Å². The van der Waals surface area contributed by atoms with Gasteiger partial charge in [0.25, 0.3) is 0 Å². The second-order valence-corrected chi connectivity index (χ2v) is 5.84. The summed E-state index contributed by atoms with van der Waals surface area (Å²) >= 11 is 0. The van der Waals surface area contributed by atoms with Gasteiger partial charge in [0.05, 0.1) is 12.2 Å². The van der Waals surface area contributed by atoms with E-state index in [-0.39, 0.29) is 17.9 Å². The van der Waals surface area contributed by atoms with Crippen LogP contribution in [0.3, 0.4) is 0 Å². The summed E-state index contributed by atoms with van der Waals surface area (Å²) < 4.78 is 48.7. The van der Waals surface area contributed by atoms with Crippen molar-refractivity contribution in [2.75, 3.05) is 0 Å². The van der Waals surface area contributed by atoms with Crippen molar-refractivity contribution in [2.24, 2.45) is 7.05 Å². The minimum absolute atomic E-state index is 0.108. The molecule has 3 heterocycles. The summed E-state index contributed by atoms with van der Waals surface area (Å²) in [7, 11) is 1.69. The van der Waals surface area contributed by atoms with Crippen LogP contribution in [0.5, 0.6) is 5.75 Å². The molecule has 0 fully saturated rings. The maximum atomic E-state index is 12.3. The molecule has 0 amide bonds. The van der Waals surface area contributed by atoms with Crippen LogP contribution in [0.25, 0.3) is 22.5 Å². The van der Waals surface area contributed by atoms with Gasteiger partial charge in [-0.1, -0.05) is 0 Å². The Morgan fingerprint density at radius 2 is 1.89 bits per heavy atom. The van der Waals surface area contributed by atoms with Gasteiger partial charge in [0.2, 0.25) is 0 Å². The standard InChI is InChI=1S/C17H12F3N5O3/c1-24-14(21-9-22-24)8-25-15-13(27-16(25)26)7-6-12(23-15)10-2-4-11(5-3-10)28-17(18,19)20/h2-7,9H,8H2,1H3. The molecule has 1 aromatic carbocycles. The summed E-state index contributed by atoms with van der Waals surface area (Å²) in [6.45, 7) is 0.108. The van der Waals surface area contributed by atoms with E-state index in [4.69, 9.17) is 4.42 Å². The first-order chi connectivity index (χ1) is 13.3. The fourth-order valence-corrected chi connectivity index (χ4v) is 2.68. The fraction of sp³-hybridized carbons (Fsp3) is 0.176. The first-order valence-electron chi connectivity index (χ1n) is 7.99. The number of hydrogen-bond donors (Lipinski definition) is 0. The van der Waals surface area contributed by atoms with Gasteiger partial charge in [0, 0.05) is 12.6 Å². The van der Waals surface area contributed by atoms with Crippen molar-refractivity contribution in [2.45, 2.75) is 12.9 Å². The number of pyridine rings is 1. The van der Waals surface area contributed by atoms with Crippen LogP contribution in [-0.4, -0.2) is 30.7 Å². The van der Waals surface area contributed by atoms with Crippen LogP contribution in [0.4, 0.5) is 13.2 Å². The number of hydrogen-bond acceptors (Lipinski definition) is 6. The summed E-state index contributed by atoms with van der Waals surface area (Å²) in [4.78, 5) is 20.7. The number of aryl methyl sites for hydroxylation is 1. The number of ether oxygens (including phenoxy) is 1. The molecule has 0 aliphatic heterocycles. The zero-order valence-corrected chi connectivity index (χ0v) is 14.3. The van der Waals surface area contributed by atoms with Gasteiger partial charge < -0.3 is 9.15 Å². The van der Waals surface area contributed by atoms with Crippen LogP contribution in [0.1, 0.15) is 5.82 Å². The lowest BCUT2D eigenvalue weighted by Crippen LogP contribution is -2.18. The van der Waals surface area contributed by atoms with Crippen molar-refractivity contribution < 1.29 is 22.3 Å². The lowest BCUT2D eigenvalue weighted by atomic mass is 10.1. The van der Waals surface area contributed by atoms with Gasteiger partial charge in [-0.15, -0.1) is 13.2 Å². The van der Waals surface area contributed by atoms with E-state index in [2.05, 4.69) is 19.8 Å². The van der Waals surface area contributed by atoms with Crippen LogP contribution in [0.2, 0.25) is 0 Å². The number of nitrogens with zero attached hydrogens (tertiary/aromatic N) is 5. The van der Waals surface area contributed by atoms with E-state index in [9.17, 15) is 18.0 Å². The molecule has 0 aliphatic carbocycles. The van der Waals surface area contributed by atoms with E-state index in [1.807, 2.05) is 0 Å². The molecule has 0 aliphatic rings. The minimum atomic E-state index is -4.76. The maximum absolute atomic E-state index is 12.3. The van der Waals surface area contributed by atoms with Gasteiger partial charge in [-0.05, 0) is 36.4 Å². The van der Waals surface area contributed by atoms with Crippen molar-refractivity contribution in [1.29, 1.82) is 0 Å². The van der Waals surface area contributed by atoms with E-state index in [1.165, 1.54) is 39.8 Å². The van der Waals surface area contributed by atoms with E-state index in [0.29, 0.717) is 22.7 Å². The molecular formula is C17H12F3N5O3. The number of oxazole rings is 1. The van der Waals surface area contributed by atoms with E-state index < -0.39 is 12.1 Å². The van der Waals surface area contributed by atoms with E-state index in [0.717, 1.165) is 0 Å². The third kappa shape index (κ3) is 3.46. The average Bonchev–Trinajstić information content (AvgIpc) is 3.17. The minimum Gasteiger partial charge on any atom is -0.406 e. The summed E-state index contributed by atoms with van der Waals surface area (Å²) in [6.07, 6.45) is -3.39. The van der Waals surface area contributed by atoms with Crippen LogP contribution < -0.4 is 10.5 Å². The van der Waals surface area contributed by atoms with Gasteiger partial charge in [-0.25, -0.2) is 14.8 Å². The molecule has 28 heavy (non-hydrogen) atoms. The Bertz CT molecular complexity index is 1190. The normalized spacial score (nSPS) is 11.9. The van der Waals surface area contributed by atoms with Crippen LogP contribution in [-0.2, 0) is 13.6 Å². The summed E-state index contributed by atoms with van der Waals surface area (Å²) in [6, 6.07) is 8.46. The molecule has 0 bridgehead atoms. The highest BCUT2D eigenvalue weighted by molar-refractivity contribution is 5.73. The quantitative estimate of drug-likeness (QED) is 0.532. The average molecular weight is 391 g/mol. The zero-order valence-electron chi connectivity index (χ0n) is 14.3. The summed E-state index contributed by atoms with van der Waals surface area (Å²) in [5, 5.41) is 3.95. The zero-order chi connectivity index (χ0) is 19.9. The molecule has 0 saturated carbocycles. The van der Waals surface area contributed by atoms with Crippen molar-refractivity contribution >= 4 is 11.2 Å². The van der Waals surface area contributed by atoms with Gasteiger partial charge in [0.1, 0.15) is 17.9 Å². The Morgan fingerprint density at radius 1 is 1.14 bits per heavy atom. The first-order valence-corrected chi connectivity index (χ1v) is 7.99. The number of halogens is 3. The topological polar surface area (TPSA) is 88.0 Å². The maximum Gasteiger partial charge on any atom is 0.573 e. The highest BCUT2D eigenvalue weighted by Gasteiger charge is 2.31. The second kappa shape index (κ2) is 6.51. The summed E-state index contributed by atoms with van der Waals surface area (Å²) in [5.74, 6) is -0.401. The molecule has 8 nitrogen and oxygen atoms in total. The predicted octanol–water partition coefficient (Wildman–Crippen LogP) is 2.73. The third-order valence-electron chi connectivity index (χ3n) is 4.00. The second-order valence-electron chi connectivity index (χ2n) is 5.84. The fourth-order valence-electron chi connectivity index (χ4n) is 2.68. The number of rotatable bonds is 4. The van der Waals surface area contributed by atoms with Gasteiger partial charge in [0.15, 0.2) is 11.2 Å². The van der Waals surface area contributed by atoms with Gasteiger partial charge >= 0.3 is 12.1 Å². The molecule has 4 rings (SSSR count). The lowest BCUT2D eigenvalue weighted by Gasteiger charge is -2.09. The van der Waals surface area contributed by atoms with Crippen molar-refractivity contribution in [3.05, 3.63) is 59.1 Å². The first kappa shape index (κ1) is 17.8. The molecule has 0 N–H and O–H groups in total. The van der Waals surface area contributed by atoms with Crippen molar-refractivity contribution in [3.63, 3.8) is 0 Å². The van der Waals surface area contributed by atoms with E-state index >= 15 is 0 Å². The van der Waals surface area contributed by atoms with Crippen molar-refractivity contribution in [1.82, 2.24) is 24.3 Å². The molecule has 0 unspecified atom stereocenters. The van der Waals surface area contributed by atoms with Gasteiger partial charge in [-0.2, -0.15) is 5.10 Å². The molecule has 0 atom stereocenters. The molecule has 0 radical (unpaired) electrons. The van der Waals surface area contributed by atoms with Crippen LogP contribution in [0.15, 0.2) is 51.9 Å². The smallest absolute Gasteiger partial charge is 0.406 e. The number of fused-ring (bicyclic) bond motifs is 1. The Hall–Kier alpha value is -3.63. The highest BCUT2D eigenvalue weighted by Crippen LogP contribution is 2.26. The van der Waals surface area contributed by atoms with E-state index in [1.54, 1.807) is 19.2 Å². The molecule has 0 spiro atoms. The molecular weight excluding hydrogens is 379 g/mol. The number of alkyl halides is 3. The Labute approximate surface area is 154 Å². The van der Waals surface area contributed by atoms with Crippen molar-refractivity contribution in [3.8, 4) is 17.0 Å². The molecule has 11 heteroatoms. The third-order valence-corrected chi connectivity index (χ3v) is 4.00. The number of benzene rings is 1. The Morgan fingerprint density at radius 3 is 2.54 bits per heavy atom. The highest BCUT2D eigenvalue weighted by atomic mass is 19.4. The largest absolute Gasteiger partial charge is 0.573 e. The predicted molar refractivity (Wildman–Crippen MR) is 90.5 cm³/mol. The summed E-state index contributed by atoms with van der Waals surface area (Å²) in [5.41, 5.74) is 1.59. The Kier molecular flexibility index (Phi) is 4.13. The molecule has 144 valence electrons. The SMILES string of the molecule is Cn1ncnc1Cn1c(=O)oc2ccc(-c3ccc(OC(F)(F)F)cc3)nc21. The van der Waals surface area contributed by atoms with Crippen LogP contribution >= 0.6 is 0 Å². The number of aromatic nitrogens is 5. The van der Waals surface area contributed by atoms with Crippen LogP contribution in [0, 0.1) is 0 Å². The lowest BCUT2D eigenvalue weighted by molar-refractivity contribution is -0.274.